The van der Waals surface area contributed by atoms with Gasteiger partial charge in [0, 0.05) is 19.3 Å². The highest BCUT2D eigenvalue weighted by Crippen LogP contribution is 2.33. The van der Waals surface area contributed by atoms with Crippen LogP contribution in [0.1, 0.15) is 29.9 Å². The number of aliphatic hydroxyl groups is 1. The number of hydrogen-bond acceptors (Lipinski definition) is 6. The first kappa shape index (κ1) is 18.1. The van der Waals surface area contributed by atoms with Gasteiger partial charge in [0.25, 0.3) is 0 Å². The van der Waals surface area contributed by atoms with Crippen LogP contribution < -0.4 is 0 Å². The normalized spacial score (nSPS) is 17.1. The van der Waals surface area contributed by atoms with Crippen molar-refractivity contribution in [1.82, 2.24) is 20.0 Å². The monoisotopic (exact) mass is 384 g/mol. The molecular weight excluding hydrogens is 364 g/mol. The molecule has 27 heavy (non-hydrogen) atoms. The summed E-state index contributed by atoms with van der Waals surface area (Å²) in [4.78, 5) is 10.7. The Morgan fingerprint density at radius 3 is 2.78 bits per heavy atom. The number of benzene rings is 1. The van der Waals surface area contributed by atoms with Crippen molar-refractivity contribution in [2.45, 2.75) is 31.9 Å². The summed E-state index contributed by atoms with van der Waals surface area (Å²) in [6, 6.07) is 11.7. The molecule has 7 heteroatoms. The van der Waals surface area contributed by atoms with Gasteiger partial charge in [-0.05, 0) is 37.5 Å². The first-order chi connectivity index (χ1) is 13.0. The lowest BCUT2D eigenvalue weighted by Crippen LogP contribution is -2.42. The fraction of sp³-hybridized carbons (Fsp3) is 0.350. The van der Waals surface area contributed by atoms with Gasteiger partial charge in [-0.3, -0.25) is 4.90 Å². The van der Waals surface area contributed by atoms with E-state index >= 15 is 0 Å². The minimum absolute atomic E-state index is 0.353. The van der Waals surface area contributed by atoms with E-state index in [0.29, 0.717) is 41.8 Å². The summed E-state index contributed by atoms with van der Waals surface area (Å²) in [6.07, 6.45) is 2.97. The first-order valence-electron chi connectivity index (χ1n) is 8.99. The molecule has 0 atom stereocenters. The van der Waals surface area contributed by atoms with E-state index in [0.717, 1.165) is 24.2 Å². The molecule has 140 valence electrons. The number of rotatable bonds is 4. The van der Waals surface area contributed by atoms with Crippen LogP contribution >= 0.6 is 11.6 Å². The number of hydrogen-bond donors (Lipinski definition) is 1. The van der Waals surface area contributed by atoms with E-state index in [4.69, 9.17) is 16.1 Å². The van der Waals surface area contributed by atoms with Gasteiger partial charge in [-0.15, -0.1) is 0 Å². The van der Waals surface area contributed by atoms with Crippen LogP contribution in [0.25, 0.3) is 11.4 Å². The Kier molecular flexibility index (Phi) is 4.95. The molecule has 0 unspecified atom stereocenters. The van der Waals surface area contributed by atoms with Crippen LogP contribution in [0.2, 0.25) is 5.15 Å². The third-order valence-corrected chi connectivity index (χ3v) is 5.37. The van der Waals surface area contributed by atoms with E-state index in [1.807, 2.05) is 31.2 Å². The molecule has 1 fully saturated rings. The fourth-order valence-electron chi connectivity index (χ4n) is 3.48. The molecule has 1 saturated heterocycles. The van der Waals surface area contributed by atoms with Crippen molar-refractivity contribution in [3.05, 3.63) is 64.8 Å². The van der Waals surface area contributed by atoms with Gasteiger partial charge < -0.3 is 9.63 Å². The Labute approximate surface area is 162 Å². The summed E-state index contributed by atoms with van der Waals surface area (Å²) < 4.78 is 5.38. The van der Waals surface area contributed by atoms with E-state index in [2.05, 4.69) is 26.1 Å². The lowest BCUT2D eigenvalue weighted by molar-refractivity contribution is -0.0295. The van der Waals surface area contributed by atoms with E-state index in [-0.39, 0.29) is 0 Å². The molecule has 0 amide bonds. The maximum Gasteiger partial charge on any atom is 0.241 e. The summed E-state index contributed by atoms with van der Waals surface area (Å²) in [5.74, 6) is 0.974. The highest BCUT2D eigenvalue weighted by atomic mass is 35.5. The number of aromatic nitrogens is 3. The largest absolute Gasteiger partial charge is 0.385 e. The van der Waals surface area contributed by atoms with Crippen LogP contribution in [0, 0.1) is 6.92 Å². The van der Waals surface area contributed by atoms with Gasteiger partial charge in [0.15, 0.2) is 0 Å². The molecule has 3 heterocycles. The van der Waals surface area contributed by atoms with Gasteiger partial charge in [-0.25, -0.2) is 4.98 Å². The van der Waals surface area contributed by atoms with Gasteiger partial charge in [0.1, 0.15) is 5.15 Å². The van der Waals surface area contributed by atoms with Crippen LogP contribution in [0.3, 0.4) is 0 Å². The lowest BCUT2D eigenvalue weighted by atomic mass is 9.84. The molecule has 1 aliphatic heterocycles. The molecule has 0 spiro atoms. The molecule has 0 saturated carbocycles. The Bertz CT molecular complexity index is 935. The van der Waals surface area contributed by atoms with Gasteiger partial charge in [0.05, 0.1) is 17.7 Å². The maximum atomic E-state index is 11.0. The highest BCUT2D eigenvalue weighted by molar-refractivity contribution is 6.31. The third kappa shape index (κ3) is 3.88. The minimum atomic E-state index is -0.772. The summed E-state index contributed by atoms with van der Waals surface area (Å²) in [5.41, 5.74) is 2.04. The second kappa shape index (κ2) is 7.38. The van der Waals surface area contributed by atoms with E-state index in [1.165, 1.54) is 0 Å². The molecule has 0 bridgehead atoms. The smallest absolute Gasteiger partial charge is 0.241 e. The zero-order valence-corrected chi connectivity index (χ0v) is 15.9. The van der Waals surface area contributed by atoms with Gasteiger partial charge in [-0.1, -0.05) is 46.6 Å². The maximum absolute atomic E-state index is 11.0. The average Bonchev–Trinajstić information content (AvgIpc) is 3.12. The third-order valence-electron chi connectivity index (χ3n) is 5.07. The van der Waals surface area contributed by atoms with Crippen molar-refractivity contribution in [3.8, 4) is 11.4 Å². The van der Waals surface area contributed by atoms with Crippen LogP contribution in [0.15, 0.2) is 47.1 Å². The predicted octanol–water partition coefficient (Wildman–Crippen LogP) is 3.58. The molecule has 0 radical (unpaired) electrons. The molecule has 1 aliphatic rings. The second-order valence-electron chi connectivity index (χ2n) is 7.03. The van der Waals surface area contributed by atoms with Crippen LogP contribution in [-0.4, -0.2) is 38.2 Å². The zero-order chi connectivity index (χ0) is 18.9. The molecule has 3 aromatic rings. The van der Waals surface area contributed by atoms with Crippen molar-refractivity contribution in [3.63, 3.8) is 0 Å². The summed E-state index contributed by atoms with van der Waals surface area (Å²) in [7, 11) is 0. The molecule has 2 aromatic heterocycles. The lowest BCUT2D eigenvalue weighted by Gasteiger charge is -2.38. The predicted molar refractivity (Wildman–Crippen MR) is 102 cm³/mol. The number of halogens is 1. The number of pyridine rings is 1. The highest BCUT2D eigenvalue weighted by Gasteiger charge is 2.34. The molecular formula is C20H21ClN4O2. The van der Waals surface area contributed by atoms with Crippen molar-refractivity contribution in [1.29, 1.82) is 0 Å². The number of nitrogens with zero attached hydrogens (tertiary/aromatic N) is 4. The molecule has 4 rings (SSSR count). The number of likely N-dealkylation sites (tertiary alicyclic amines) is 1. The van der Waals surface area contributed by atoms with Crippen LogP contribution in [0.5, 0.6) is 0 Å². The minimum Gasteiger partial charge on any atom is -0.385 e. The molecule has 6 nitrogen and oxygen atoms in total. The Balaban J connectivity index is 1.41. The van der Waals surface area contributed by atoms with Gasteiger partial charge in [0.2, 0.25) is 11.7 Å². The summed E-state index contributed by atoms with van der Waals surface area (Å²) in [6.45, 7) is 4.12. The Morgan fingerprint density at radius 2 is 2.04 bits per heavy atom. The van der Waals surface area contributed by atoms with Crippen molar-refractivity contribution in [2.75, 3.05) is 13.1 Å². The number of piperidine rings is 1. The fourth-order valence-corrected chi connectivity index (χ4v) is 3.68. The Morgan fingerprint density at radius 1 is 1.22 bits per heavy atom. The average molecular weight is 385 g/mol. The SMILES string of the molecule is Cc1cccc(C2(O)CCN(Cc3nc(-c4cccnc4Cl)no3)CC2)c1. The topological polar surface area (TPSA) is 75.3 Å². The zero-order valence-electron chi connectivity index (χ0n) is 15.1. The van der Waals surface area contributed by atoms with E-state index < -0.39 is 5.60 Å². The first-order valence-corrected chi connectivity index (χ1v) is 9.37. The summed E-state index contributed by atoms with van der Waals surface area (Å²) in [5, 5.41) is 15.4. The number of aryl methyl sites for hydroxylation is 1. The van der Waals surface area contributed by atoms with E-state index in [1.54, 1.807) is 12.3 Å². The standard InChI is InChI=1S/C20H21ClN4O2/c1-14-4-2-5-15(12-14)20(26)7-10-25(11-8-20)13-17-23-19(24-27-17)16-6-3-9-22-18(16)21/h2-6,9,12,26H,7-8,10-11,13H2,1H3. The van der Waals surface area contributed by atoms with Crippen molar-refractivity contribution in [2.24, 2.45) is 0 Å². The van der Waals surface area contributed by atoms with Gasteiger partial charge >= 0.3 is 0 Å². The molecule has 1 N–H and O–H groups in total. The van der Waals surface area contributed by atoms with Crippen molar-refractivity contribution < 1.29 is 9.63 Å². The van der Waals surface area contributed by atoms with Crippen LogP contribution in [0.4, 0.5) is 0 Å². The quantitative estimate of drug-likeness (QED) is 0.693. The van der Waals surface area contributed by atoms with Crippen LogP contribution in [-0.2, 0) is 12.1 Å². The van der Waals surface area contributed by atoms with E-state index in [9.17, 15) is 5.11 Å². The Hall–Kier alpha value is -2.28. The molecule has 1 aromatic carbocycles. The molecule has 0 aliphatic carbocycles. The summed E-state index contributed by atoms with van der Waals surface area (Å²) >= 11 is 6.09. The second-order valence-corrected chi connectivity index (χ2v) is 7.39. The van der Waals surface area contributed by atoms with Crippen molar-refractivity contribution >= 4 is 11.6 Å². The van der Waals surface area contributed by atoms with Gasteiger partial charge in [-0.2, -0.15) is 4.98 Å².